The minimum Gasteiger partial charge on any atom is -0.467 e. The lowest BCUT2D eigenvalue weighted by atomic mass is 10.1. The summed E-state index contributed by atoms with van der Waals surface area (Å²) in [5.74, 6) is -0.580. The average Bonchev–Trinajstić information content (AvgIpc) is 2.56. The summed E-state index contributed by atoms with van der Waals surface area (Å²) in [6.45, 7) is 13.7. The molecular weight excluding hydrogens is 360 g/mol. The lowest BCUT2D eigenvalue weighted by molar-refractivity contribution is -0.218. The van der Waals surface area contributed by atoms with E-state index in [-0.39, 0.29) is 6.42 Å². The van der Waals surface area contributed by atoms with Gasteiger partial charge in [-0.2, -0.15) is 5.06 Å². The number of carbonyl (C=O) groups excluding carboxylic acids is 2. The van der Waals surface area contributed by atoms with E-state index in [1.807, 2.05) is 18.2 Å². The number of rotatable bonds is 8. The fourth-order valence-electron chi connectivity index (χ4n) is 2.75. The highest BCUT2D eigenvalue weighted by Gasteiger charge is 2.34. The zero-order valence-corrected chi connectivity index (χ0v) is 18.2. The Morgan fingerprint density at radius 3 is 2.22 bits per heavy atom. The molecule has 27 heavy (non-hydrogen) atoms. The van der Waals surface area contributed by atoms with Crippen molar-refractivity contribution in [3.8, 4) is 0 Å². The minimum atomic E-state index is -1.56. The lowest BCUT2D eigenvalue weighted by Gasteiger charge is -2.33. The number of hydroxylamine groups is 2. The quantitative estimate of drug-likeness (QED) is 0.319. The van der Waals surface area contributed by atoms with Crippen molar-refractivity contribution < 1.29 is 19.2 Å². The van der Waals surface area contributed by atoms with Gasteiger partial charge in [0.1, 0.15) is 0 Å². The molecule has 0 aliphatic carbocycles. The van der Waals surface area contributed by atoms with Crippen LogP contribution in [0.3, 0.4) is 0 Å². The van der Waals surface area contributed by atoms with E-state index in [0.717, 1.165) is 16.7 Å². The molecule has 0 saturated heterocycles. The van der Waals surface area contributed by atoms with Crippen LogP contribution in [0.15, 0.2) is 36.9 Å². The van der Waals surface area contributed by atoms with Crippen LogP contribution in [0.2, 0.25) is 19.1 Å². The van der Waals surface area contributed by atoms with Crippen molar-refractivity contribution in [1.82, 2.24) is 5.06 Å². The summed E-state index contributed by atoms with van der Waals surface area (Å²) in [5.41, 5.74) is 5.66. The summed E-state index contributed by atoms with van der Waals surface area (Å²) >= 11 is 0. The molecule has 0 bridgehead atoms. The van der Waals surface area contributed by atoms with E-state index in [1.54, 1.807) is 20.8 Å². The Hall–Kier alpha value is -2.12. The Morgan fingerprint density at radius 2 is 1.81 bits per heavy atom. The van der Waals surface area contributed by atoms with Crippen molar-refractivity contribution in [3.05, 3.63) is 42.5 Å². The molecule has 6 nitrogen and oxygen atoms in total. The van der Waals surface area contributed by atoms with Crippen LogP contribution in [0.4, 0.5) is 4.79 Å². The molecule has 2 amide bonds. The summed E-state index contributed by atoms with van der Waals surface area (Å²) < 4.78 is 4.87. The van der Waals surface area contributed by atoms with Crippen LogP contribution in [-0.4, -0.2) is 43.9 Å². The molecule has 0 aliphatic rings. The van der Waals surface area contributed by atoms with Gasteiger partial charge in [0.15, 0.2) is 6.04 Å². The highest BCUT2D eigenvalue weighted by molar-refractivity contribution is 6.90. The first-order valence-electron chi connectivity index (χ1n) is 8.97. The number of hydrogen-bond acceptors (Lipinski definition) is 4. The molecule has 0 spiro atoms. The molecule has 7 heteroatoms. The van der Waals surface area contributed by atoms with Crippen molar-refractivity contribution in [2.24, 2.45) is 5.73 Å². The van der Waals surface area contributed by atoms with Crippen molar-refractivity contribution in [2.45, 2.75) is 58.0 Å². The van der Waals surface area contributed by atoms with E-state index in [1.165, 1.54) is 12.3 Å². The van der Waals surface area contributed by atoms with Crippen LogP contribution < -0.4 is 10.9 Å². The fourth-order valence-corrected chi connectivity index (χ4v) is 4.78. The predicted octanol–water partition coefficient (Wildman–Crippen LogP) is 2.98. The van der Waals surface area contributed by atoms with Crippen LogP contribution in [0.5, 0.6) is 0 Å². The number of primary amides is 1. The standard InChI is InChI=1S/C20H32N2O4Si/c1-8-13-27(6,7)16-11-9-15(10-12-16)14-17(18(23)25-5)22(19(21)24)26-20(2,3)4/h8-12,17H,1,13-14H2,2-7H3,(H2,21,24). The number of carbonyl (C=O) groups is 2. The van der Waals surface area contributed by atoms with Gasteiger partial charge >= 0.3 is 12.0 Å². The highest BCUT2D eigenvalue weighted by Crippen LogP contribution is 2.18. The summed E-state index contributed by atoms with van der Waals surface area (Å²) in [4.78, 5) is 29.8. The molecule has 0 radical (unpaired) electrons. The Labute approximate surface area is 163 Å². The molecule has 0 aromatic heterocycles. The zero-order valence-electron chi connectivity index (χ0n) is 17.2. The fraction of sp³-hybridized carbons (Fsp3) is 0.500. The van der Waals surface area contributed by atoms with Gasteiger partial charge < -0.3 is 10.5 Å². The first kappa shape index (κ1) is 22.9. The second-order valence-corrected chi connectivity index (χ2v) is 12.9. The number of amides is 2. The molecule has 0 fully saturated rings. The highest BCUT2D eigenvalue weighted by atomic mass is 28.3. The van der Waals surface area contributed by atoms with Gasteiger partial charge in [-0.15, -0.1) is 6.58 Å². The summed E-state index contributed by atoms with van der Waals surface area (Å²) in [7, 11) is -0.285. The van der Waals surface area contributed by atoms with Crippen LogP contribution in [0.1, 0.15) is 26.3 Å². The molecule has 1 rings (SSSR count). The third-order valence-corrected chi connectivity index (χ3v) is 7.37. The molecule has 1 aromatic rings. The third kappa shape index (κ3) is 6.84. The van der Waals surface area contributed by atoms with E-state index >= 15 is 0 Å². The summed E-state index contributed by atoms with van der Waals surface area (Å²) in [6, 6.07) is 7.30. The summed E-state index contributed by atoms with van der Waals surface area (Å²) in [6.07, 6.45) is 2.21. The van der Waals surface area contributed by atoms with E-state index in [4.69, 9.17) is 15.3 Å². The van der Waals surface area contributed by atoms with Crippen molar-refractivity contribution in [2.75, 3.05) is 7.11 Å². The smallest absolute Gasteiger partial charge is 0.339 e. The first-order valence-corrected chi connectivity index (χ1v) is 12.2. The van der Waals surface area contributed by atoms with Gasteiger partial charge in [-0.1, -0.05) is 48.6 Å². The van der Waals surface area contributed by atoms with Gasteiger partial charge in [0.05, 0.1) is 20.8 Å². The normalized spacial score (nSPS) is 13.0. The number of methoxy groups -OCH3 is 1. The Morgan fingerprint density at radius 1 is 1.26 bits per heavy atom. The maximum Gasteiger partial charge on any atom is 0.339 e. The first-order chi connectivity index (χ1) is 12.4. The molecule has 1 aromatic carbocycles. The molecule has 0 saturated carbocycles. The van der Waals surface area contributed by atoms with Crippen LogP contribution in [-0.2, 0) is 20.8 Å². The molecule has 0 aliphatic heterocycles. The van der Waals surface area contributed by atoms with Gasteiger partial charge in [-0.3, -0.25) is 4.84 Å². The Kier molecular flexibility index (Phi) is 7.80. The van der Waals surface area contributed by atoms with Gasteiger partial charge in [0.2, 0.25) is 0 Å². The maximum atomic E-state index is 12.3. The number of nitrogens with zero attached hydrogens (tertiary/aromatic N) is 1. The van der Waals surface area contributed by atoms with Gasteiger partial charge in [0, 0.05) is 6.42 Å². The van der Waals surface area contributed by atoms with Crippen LogP contribution in [0, 0.1) is 0 Å². The lowest BCUT2D eigenvalue weighted by Crippen LogP contribution is -2.52. The maximum absolute atomic E-state index is 12.3. The molecular formula is C20H32N2O4Si. The second kappa shape index (κ2) is 9.19. The third-order valence-electron chi connectivity index (χ3n) is 4.16. The van der Waals surface area contributed by atoms with Crippen LogP contribution >= 0.6 is 0 Å². The Balaban J connectivity index is 3.11. The number of urea groups is 1. The van der Waals surface area contributed by atoms with Gasteiger partial charge in [-0.05, 0) is 32.4 Å². The van der Waals surface area contributed by atoms with E-state index in [0.29, 0.717) is 0 Å². The van der Waals surface area contributed by atoms with Crippen molar-refractivity contribution >= 4 is 25.3 Å². The average molecular weight is 393 g/mol. The van der Waals surface area contributed by atoms with Crippen LogP contribution in [0.25, 0.3) is 0 Å². The van der Waals surface area contributed by atoms with Gasteiger partial charge in [0.25, 0.3) is 0 Å². The van der Waals surface area contributed by atoms with Crippen molar-refractivity contribution in [3.63, 3.8) is 0 Å². The number of allylic oxidation sites excluding steroid dienone is 1. The van der Waals surface area contributed by atoms with E-state index in [2.05, 4.69) is 31.8 Å². The monoisotopic (exact) mass is 392 g/mol. The van der Waals surface area contributed by atoms with Crippen molar-refractivity contribution in [1.29, 1.82) is 0 Å². The largest absolute Gasteiger partial charge is 0.467 e. The van der Waals surface area contributed by atoms with E-state index in [9.17, 15) is 9.59 Å². The van der Waals surface area contributed by atoms with E-state index < -0.39 is 31.7 Å². The SMILES string of the molecule is C=CC[Si](C)(C)c1ccc(CC(C(=O)OC)N(OC(C)(C)C)C(N)=O)cc1. The Bertz CT molecular complexity index is 666. The number of esters is 1. The molecule has 1 unspecified atom stereocenters. The number of ether oxygens (including phenoxy) is 1. The molecule has 1 atom stereocenters. The van der Waals surface area contributed by atoms with Gasteiger partial charge in [-0.25, -0.2) is 9.59 Å². The molecule has 150 valence electrons. The number of hydrogen-bond donors (Lipinski definition) is 1. The minimum absolute atomic E-state index is 0.245. The number of nitrogens with two attached hydrogens (primary N) is 1. The molecule has 2 N–H and O–H groups in total. The predicted molar refractivity (Wildman–Crippen MR) is 110 cm³/mol. The summed E-state index contributed by atoms with van der Waals surface area (Å²) in [5, 5.41) is 2.22. The second-order valence-electron chi connectivity index (χ2n) is 8.18. The molecule has 0 heterocycles. The topological polar surface area (TPSA) is 81.9 Å². The zero-order chi connectivity index (χ0) is 20.8. The number of benzene rings is 1.